The SMILES string of the molecule is COc1cc(OC)cc([C@H](CNc2ncnc3c2ncn3[C@@H]2O[C@H](CO)[C@@H](O)[C@H]2O)c2ccccc2C)c1. The third-order valence-electron chi connectivity index (χ3n) is 6.96. The third kappa shape index (κ3) is 4.76. The fraction of sp³-hybridized carbons (Fsp3) is 0.370. The molecule has 0 bridgehead atoms. The first-order chi connectivity index (χ1) is 18.4. The Kier molecular flexibility index (Phi) is 7.43. The molecule has 0 spiro atoms. The average Bonchev–Trinajstić information content (AvgIpc) is 3.50. The molecule has 5 rings (SSSR count). The molecule has 2 aromatic carbocycles. The summed E-state index contributed by atoms with van der Waals surface area (Å²) in [5.41, 5.74) is 4.19. The van der Waals surface area contributed by atoms with Crippen LogP contribution in [0.15, 0.2) is 55.1 Å². The number of ether oxygens (including phenoxy) is 3. The molecule has 4 aromatic rings. The monoisotopic (exact) mass is 521 g/mol. The summed E-state index contributed by atoms with van der Waals surface area (Å²) in [7, 11) is 3.25. The van der Waals surface area contributed by atoms with Gasteiger partial charge >= 0.3 is 0 Å². The van der Waals surface area contributed by atoms with E-state index in [1.807, 2.05) is 30.3 Å². The van der Waals surface area contributed by atoms with Gasteiger partial charge in [-0.3, -0.25) is 4.57 Å². The highest BCUT2D eigenvalue weighted by atomic mass is 16.6. The maximum Gasteiger partial charge on any atom is 0.167 e. The van der Waals surface area contributed by atoms with Crippen LogP contribution in [0.1, 0.15) is 28.8 Å². The van der Waals surface area contributed by atoms with E-state index in [4.69, 9.17) is 14.2 Å². The number of hydrogen-bond acceptors (Lipinski definition) is 10. The summed E-state index contributed by atoms with van der Waals surface area (Å²) in [4.78, 5) is 13.2. The molecule has 3 heterocycles. The number of imidazole rings is 1. The summed E-state index contributed by atoms with van der Waals surface area (Å²) in [6.45, 7) is 2.14. The molecule has 0 aliphatic carbocycles. The Morgan fingerprint density at radius 1 is 1.03 bits per heavy atom. The van der Waals surface area contributed by atoms with Gasteiger partial charge in [-0.15, -0.1) is 0 Å². The van der Waals surface area contributed by atoms with Crippen LogP contribution in [-0.2, 0) is 4.74 Å². The van der Waals surface area contributed by atoms with E-state index in [1.54, 1.807) is 14.2 Å². The predicted octanol–water partition coefficient (Wildman–Crippen LogP) is 2.01. The molecule has 0 saturated carbocycles. The van der Waals surface area contributed by atoms with Crippen molar-refractivity contribution < 1.29 is 29.5 Å². The molecule has 1 aliphatic heterocycles. The van der Waals surface area contributed by atoms with Gasteiger partial charge in [-0.1, -0.05) is 24.3 Å². The minimum Gasteiger partial charge on any atom is -0.497 e. The Morgan fingerprint density at radius 3 is 2.42 bits per heavy atom. The zero-order valence-corrected chi connectivity index (χ0v) is 21.4. The van der Waals surface area contributed by atoms with Crippen LogP contribution in [0.5, 0.6) is 11.5 Å². The van der Waals surface area contributed by atoms with E-state index < -0.39 is 31.1 Å². The molecule has 1 aliphatic rings. The fourth-order valence-corrected chi connectivity index (χ4v) is 4.89. The molecule has 11 nitrogen and oxygen atoms in total. The van der Waals surface area contributed by atoms with Gasteiger partial charge in [0.1, 0.15) is 36.1 Å². The first kappa shape index (κ1) is 25.9. The largest absolute Gasteiger partial charge is 0.497 e. The number of fused-ring (bicyclic) bond motifs is 1. The summed E-state index contributed by atoms with van der Waals surface area (Å²) in [6, 6.07) is 14.0. The van der Waals surface area contributed by atoms with Crippen molar-refractivity contribution in [3.63, 3.8) is 0 Å². The Balaban J connectivity index is 1.48. The third-order valence-corrected chi connectivity index (χ3v) is 6.96. The van der Waals surface area contributed by atoms with Gasteiger partial charge in [0.2, 0.25) is 0 Å². The highest BCUT2D eigenvalue weighted by molar-refractivity contribution is 5.82. The predicted molar refractivity (Wildman–Crippen MR) is 139 cm³/mol. The minimum atomic E-state index is -1.25. The Morgan fingerprint density at radius 2 is 1.76 bits per heavy atom. The van der Waals surface area contributed by atoms with Crippen molar-refractivity contribution in [1.82, 2.24) is 19.5 Å². The number of anilines is 1. The normalized spacial score (nSPS) is 21.9. The number of aryl methyl sites for hydroxylation is 1. The molecule has 2 aromatic heterocycles. The molecule has 5 atom stereocenters. The van der Waals surface area contributed by atoms with Gasteiger partial charge in [0.25, 0.3) is 0 Å². The molecule has 0 amide bonds. The number of nitrogens with one attached hydrogen (secondary N) is 1. The van der Waals surface area contributed by atoms with Crippen LogP contribution in [0.25, 0.3) is 11.2 Å². The van der Waals surface area contributed by atoms with Crippen LogP contribution >= 0.6 is 0 Å². The lowest BCUT2D eigenvalue weighted by Gasteiger charge is -2.22. The van der Waals surface area contributed by atoms with Crippen LogP contribution in [0.2, 0.25) is 0 Å². The van der Waals surface area contributed by atoms with E-state index in [1.165, 1.54) is 17.2 Å². The number of aromatic nitrogens is 4. The number of methoxy groups -OCH3 is 2. The van der Waals surface area contributed by atoms with Crippen molar-refractivity contribution in [2.24, 2.45) is 0 Å². The van der Waals surface area contributed by atoms with Crippen LogP contribution < -0.4 is 14.8 Å². The van der Waals surface area contributed by atoms with Crippen molar-refractivity contribution in [3.8, 4) is 11.5 Å². The second-order valence-electron chi connectivity index (χ2n) is 9.21. The van der Waals surface area contributed by atoms with Crippen molar-refractivity contribution >= 4 is 17.0 Å². The van der Waals surface area contributed by atoms with E-state index >= 15 is 0 Å². The minimum absolute atomic E-state index is 0.0762. The topological polar surface area (TPSA) is 144 Å². The van der Waals surface area contributed by atoms with E-state index in [-0.39, 0.29) is 5.92 Å². The van der Waals surface area contributed by atoms with E-state index in [9.17, 15) is 15.3 Å². The van der Waals surface area contributed by atoms with Crippen LogP contribution in [0, 0.1) is 6.92 Å². The maximum absolute atomic E-state index is 10.5. The van der Waals surface area contributed by atoms with Gasteiger partial charge in [0.05, 0.1) is 27.2 Å². The summed E-state index contributed by atoms with van der Waals surface area (Å²) in [5, 5.41) is 33.5. The van der Waals surface area contributed by atoms with Crippen LogP contribution in [0.3, 0.4) is 0 Å². The summed E-state index contributed by atoms with van der Waals surface area (Å²) in [6.07, 6.45) is -1.43. The molecule has 1 fully saturated rings. The van der Waals surface area contributed by atoms with E-state index in [2.05, 4.69) is 39.3 Å². The number of aliphatic hydroxyl groups excluding tert-OH is 3. The smallest absolute Gasteiger partial charge is 0.167 e. The second kappa shape index (κ2) is 10.9. The van der Waals surface area contributed by atoms with Gasteiger partial charge in [-0.2, -0.15) is 0 Å². The molecule has 200 valence electrons. The van der Waals surface area contributed by atoms with E-state index in [0.29, 0.717) is 35.0 Å². The lowest BCUT2D eigenvalue weighted by molar-refractivity contribution is -0.0511. The molecule has 1 saturated heterocycles. The second-order valence-corrected chi connectivity index (χ2v) is 9.21. The van der Waals surface area contributed by atoms with Crippen molar-refractivity contribution in [2.45, 2.75) is 37.4 Å². The molecule has 4 N–H and O–H groups in total. The first-order valence-electron chi connectivity index (χ1n) is 12.3. The average molecular weight is 522 g/mol. The molecule has 11 heteroatoms. The van der Waals surface area contributed by atoms with Gasteiger partial charge in [-0.25, -0.2) is 15.0 Å². The van der Waals surface area contributed by atoms with Gasteiger partial charge in [-0.05, 0) is 35.7 Å². The van der Waals surface area contributed by atoms with Gasteiger partial charge in [0.15, 0.2) is 23.2 Å². The molecular formula is C27H31N5O6. The Hall–Kier alpha value is -3.77. The Labute approximate surface area is 219 Å². The van der Waals surface area contributed by atoms with Crippen molar-refractivity contribution in [3.05, 3.63) is 71.8 Å². The summed E-state index contributed by atoms with van der Waals surface area (Å²) in [5.74, 6) is 1.82. The first-order valence-corrected chi connectivity index (χ1v) is 12.3. The molecule has 38 heavy (non-hydrogen) atoms. The standard InChI is InChI=1S/C27H31N5O6/c1-15-6-4-5-7-19(15)20(16-8-17(36-2)10-18(9-16)37-3)11-28-25-22-26(30-13-29-25)32(14-31-22)27-24(35)23(34)21(12-33)38-27/h4-10,13-14,20-21,23-24,27,33-35H,11-12H2,1-3H3,(H,28,29,30)/t20-,21+,23+,24+,27+/m0/s1. The van der Waals surface area contributed by atoms with E-state index in [0.717, 1.165) is 16.7 Å². The number of benzene rings is 2. The Bertz CT molecular complexity index is 1390. The lowest BCUT2D eigenvalue weighted by atomic mass is 9.88. The summed E-state index contributed by atoms with van der Waals surface area (Å²) < 4.78 is 18.2. The number of nitrogens with zero attached hydrogens (tertiary/aromatic N) is 4. The van der Waals surface area contributed by atoms with Crippen molar-refractivity contribution in [2.75, 3.05) is 32.7 Å². The zero-order valence-electron chi connectivity index (χ0n) is 21.4. The quantitative estimate of drug-likeness (QED) is 0.258. The van der Waals surface area contributed by atoms with Gasteiger partial charge < -0.3 is 34.8 Å². The summed E-state index contributed by atoms with van der Waals surface area (Å²) >= 11 is 0. The zero-order chi connectivity index (χ0) is 26.8. The number of hydrogen-bond donors (Lipinski definition) is 4. The van der Waals surface area contributed by atoms with Crippen LogP contribution in [0.4, 0.5) is 5.82 Å². The lowest BCUT2D eigenvalue weighted by Crippen LogP contribution is -2.33. The highest BCUT2D eigenvalue weighted by Crippen LogP contribution is 2.35. The van der Waals surface area contributed by atoms with Gasteiger partial charge in [0, 0.05) is 18.5 Å². The maximum atomic E-state index is 10.5. The van der Waals surface area contributed by atoms with Crippen molar-refractivity contribution in [1.29, 1.82) is 0 Å². The molecule has 0 unspecified atom stereocenters. The number of aliphatic hydroxyl groups is 3. The fourth-order valence-electron chi connectivity index (χ4n) is 4.89. The highest BCUT2D eigenvalue weighted by Gasteiger charge is 2.44. The molecular weight excluding hydrogens is 490 g/mol. The van der Waals surface area contributed by atoms with Crippen LogP contribution in [-0.4, -0.2) is 80.5 Å². The molecule has 0 radical (unpaired) electrons. The number of rotatable bonds is 9.